The summed E-state index contributed by atoms with van der Waals surface area (Å²) in [5, 5.41) is 28.2. The highest BCUT2D eigenvalue weighted by Crippen LogP contribution is 2.29. The Labute approximate surface area is 120 Å². The van der Waals surface area contributed by atoms with Crippen LogP contribution in [0.15, 0.2) is 40.3 Å². The number of nitro benzene ring substituents is 1. The predicted molar refractivity (Wildman–Crippen MR) is 74.7 cm³/mol. The summed E-state index contributed by atoms with van der Waals surface area (Å²) in [6.07, 6.45) is 1.32. The highest BCUT2D eigenvalue weighted by Gasteiger charge is 2.13. The zero-order valence-electron chi connectivity index (χ0n) is 11.0. The standard InChI is InChI=1S/C15H9N3O3/c1-10-2-3-12(18(19)20)7-14(10)15-5-4-13(21-15)6-11(8-16)9-17/h2-7H,1H3. The molecule has 1 aromatic heterocycles. The van der Waals surface area contributed by atoms with E-state index >= 15 is 0 Å². The number of furan rings is 1. The smallest absolute Gasteiger partial charge is 0.270 e. The van der Waals surface area contributed by atoms with Crippen LogP contribution in [0.3, 0.4) is 0 Å². The van der Waals surface area contributed by atoms with Gasteiger partial charge in [0.2, 0.25) is 0 Å². The van der Waals surface area contributed by atoms with E-state index in [0.29, 0.717) is 17.1 Å². The third-order valence-corrected chi connectivity index (χ3v) is 2.85. The Hall–Kier alpha value is -3.38. The van der Waals surface area contributed by atoms with E-state index in [0.717, 1.165) is 5.56 Å². The van der Waals surface area contributed by atoms with Gasteiger partial charge in [0.25, 0.3) is 5.69 Å². The zero-order valence-corrected chi connectivity index (χ0v) is 11.0. The van der Waals surface area contributed by atoms with E-state index in [1.165, 1.54) is 18.2 Å². The van der Waals surface area contributed by atoms with Gasteiger partial charge in [0.1, 0.15) is 29.2 Å². The fourth-order valence-electron chi connectivity index (χ4n) is 1.80. The summed E-state index contributed by atoms with van der Waals surface area (Å²) < 4.78 is 5.52. The van der Waals surface area contributed by atoms with Crippen LogP contribution < -0.4 is 0 Å². The number of nitriles is 2. The minimum Gasteiger partial charge on any atom is -0.457 e. The van der Waals surface area contributed by atoms with E-state index in [9.17, 15) is 10.1 Å². The molecule has 6 heteroatoms. The second-order valence-corrected chi connectivity index (χ2v) is 4.24. The fourth-order valence-corrected chi connectivity index (χ4v) is 1.80. The Morgan fingerprint density at radius 1 is 1.29 bits per heavy atom. The Kier molecular flexibility index (Phi) is 3.83. The molecule has 6 nitrogen and oxygen atoms in total. The maximum atomic E-state index is 10.8. The van der Waals surface area contributed by atoms with Gasteiger partial charge in [0.15, 0.2) is 0 Å². The Morgan fingerprint density at radius 2 is 2.00 bits per heavy atom. The van der Waals surface area contributed by atoms with Gasteiger partial charge in [-0.2, -0.15) is 10.5 Å². The second-order valence-electron chi connectivity index (χ2n) is 4.24. The van der Waals surface area contributed by atoms with Crippen molar-refractivity contribution >= 4 is 11.8 Å². The van der Waals surface area contributed by atoms with Crippen LogP contribution in [0.25, 0.3) is 17.4 Å². The molecule has 2 aromatic rings. The quantitative estimate of drug-likeness (QED) is 0.485. The molecule has 0 saturated heterocycles. The molecular formula is C15H9N3O3. The van der Waals surface area contributed by atoms with E-state index in [-0.39, 0.29) is 11.3 Å². The van der Waals surface area contributed by atoms with E-state index in [1.807, 2.05) is 6.92 Å². The summed E-state index contributed by atoms with van der Waals surface area (Å²) >= 11 is 0. The lowest BCUT2D eigenvalue weighted by atomic mass is 10.1. The topological polar surface area (TPSA) is 104 Å². The first-order valence-corrected chi connectivity index (χ1v) is 5.92. The number of nitro groups is 1. The predicted octanol–water partition coefficient (Wildman–Crippen LogP) is 3.59. The number of non-ortho nitro benzene ring substituents is 1. The molecule has 0 aliphatic rings. The summed E-state index contributed by atoms with van der Waals surface area (Å²) in [5.41, 5.74) is 1.32. The van der Waals surface area contributed by atoms with Crippen molar-refractivity contribution in [2.45, 2.75) is 6.92 Å². The van der Waals surface area contributed by atoms with Gasteiger partial charge in [0, 0.05) is 23.8 Å². The van der Waals surface area contributed by atoms with Crippen molar-refractivity contribution in [2.75, 3.05) is 0 Å². The lowest BCUT2D eigenvalue weighted by Gasteiger charge is -2.02. The average Bonchev–Trinajstić information content (AvgIpc) is 2.93. The van der Waals surface area contributed by atoms with Crippen LogP contribution in [0.2, 0.25) is 0 Å². The van der Waals surface area contributed by atoms with Gasteiger partial charge in [-0.15, -0.1) is 0 Å². The Balaban J connectivity index is 2.46. The van der Waals surface area contributed by atoms with Crippen LogP contribution in [0, 0.1) is 39.7 Å². The summed E-state index contributed by atoms with van der Waals surface area (Å²) in [6.45, 7) is 1.81. The average molecular weight is 279 g/mol. The SMILES string of the molecule is Cc1ccc([N+](=O)[O-])cc1-c1ccc(C=C(C#N)C#N)o1. The molecule has 0 bridgehead atoms. The van der Waals surface area contributed by atoms with E-state index in [1.54, 1.807) is 30.3 Å². The van der Waals surface area contributed by atoms with Crippen molar-refractivity contribution < 1.29 is 9.34 Å². The van der Waals surface area contributed by atoms with Crippen molar-refractivity contribution in [1.29, 1.82) is 10.5 Å². The van der Waals surface area contributed by atoms with Gasteiger partial charge in [-0.05, 0) is 24.6 Å². The number of rotatable bonds is 3. The van der Waals surface area contributed by atoms with E-state index in [2.05, 4.69) is 0 Å². The van der Waals surface area contributed by atoms with Crippen molar-refractivity contribution in [3.8, 4) is 23.5 Å². The zero-order chi connectivity index (χ0) is 15.4. The van der Waals surface area contributed by atoms with Crippen molar-refractivity contribution in [2.24, 2.45) is 0 Å². The third-order valence-electron chi connectivity index (χ3n) is 2.85. The second kappa shape index (κ2) is 5.72. The normalized spacial score (nSPS) is 9.48. The molecule has 0 saturated carbocycles. The summed E-state index contributed by atoms with van der Waals surface area (Å²) in [6, 6.07) is 11.2. The number of nitrogens with zero attached hydrogens (tertiary/aromatic N) is 3. The molecule has 0 atom stereocenters. The highest BCUT2D eigenvalue weighted by atomic mass is 16.6. The number of aryl methyl sites for hydroxylation is 1. The van der Waals surface area contributed by atoms with Crippen molar-refractivity contribution in [1.82, 2.24) is 0 Å². The van der Waals surface area contributed by atoms with Crippen LogP contribution in [0.4, 0.5) is 5.69 Å². The fraction of sp³-hybridized carbons (Fsp3) is 0.0667. The summed E-state index contributed by atoms with van der Waals surface area (Å²) in [4.78, 5) is 10.3. The van der Waals surface area contributed by atoms with E-state index < -0.39 is 4.92 Å². The minimum atomic E-state index is -0.476. The van der Waals surface area contributed by atoms with Gasteiger partial charge in [0.05, 0.1) is 4.92 Å². The lowest BCUT2D eigenvalue weighted by Crippen LogP contribution is -1.89. The molecule has 0 aliphatic heterocycles. The lowest BCUT2D eigenvalue weighted by molar-refractivity contribution is -0.384. The highest BCUT2D eigenvalue weighted by molar-refractivity contribution is 5.67. The van der Waals surface area contributed by atoms with Crippen LogP contribution in [0.5, 0.6) is 0 Å². The number of hydrogen-bond acceptors (Lipinski definition) is 5. The maximum Gasteiger partial charge on any atom is 0.270 e. The Morgan fingerprint density at radius 3 is 2.62 bits per heavy atom. The van der Waals surface area contributed by atoms with Crippen molar-refractivity contribution in [3.05, 3.63) is 57.3 Å². The molecule has 102 valence electrons. The molecule has 1 aromatic carbocycles. The van der Waals surface area contributed by atoms with Gasteiger partial charge in [-0.25, -0.2) is 0 Å². The number of allylic oxidation sites excluding steroid dienone is 1. The largest absolute Gasteiger partial charge is 0.457 e. The first-order valence-electron chi connectivity index (χ1n) is 5.92. The summed E-state index contributed by atoms with van der Waals surface area (Å²) in [5.74, 6) is 0.784. The van der Waals surface area contributed by atoms with Crippen LogP contribution >= 0.6 is 0 Å². The van der Waals surface area contributed by atoms with Gasteiger partial charge in [-0.1, -0.05) is 6.07 Å². The Bertz CT molecular complexity index is 803. The van der Waals surface area contributed by atoms with Gasteiger partial charge in [-0.3, -0.25) is 10.1 Å². The third kappa shape index (κ3) is 2.96. The molecule has 21 heavy (non-hydrogen) atoms. The van der Waals surface area contributed by atoms with Crippen LogP contribution in [-0.2, 0) is 0 Å². The number of hydrogen-bond donors (Lipinski definition) is 0. The van der Waals surface area contributed by atoms with Gasteiger partial charge < -0.3 is 4.42 Å². The molecule has 0 unspecified atom stereocenters. The molecule has 0 radical (unpaired) electrons. The molecule has 0 fully saturated rings. The van der Waals surface area contributed by atoms with Crippen LogP contribution in [-0.4, -0.2) is 4.92 Å². The van der Waals surface area contributed by atoms with Crippen molar-refractivity contribution in [3.63, 3.8) is 0 Å². The molecule has 0 spiro atoms. The molecule has 0 aliphatic carbocycles. The number of benzene rings is 1. The molecular weight excluding hydrogens is 270 g/mol. The molecule has 1 heterocycles. The molecule has 0 N–H and O–H groups in total. The monoisotopic (exact) mass is 279 g/mol. The van der Waals surface area contributed by atoms with Crippen LogP contribution in [0.1, 0.15) is 11.3 Å². The first-order chi connectivity index (χ1) is 10.0. The summed E-state index contributed by atoms with van der Waals surface area (Å²) in [7, 11) is 0. The maximum absolute atomic E-state index is 10.8. The minimum absolute atomic E-state index is 0.0289. The molecule has 2 rings (SSSR count). The first kappa shape index (κ1) is 14.0. The van der Waals surface area contributed by atoms with Gasteiger partial charge >= 0.3 is 0 Å². The van der Waals surface area contributed by atoms with E-state index in [4.69, 9.17) is 14.9 Å². The molecule has 0 amide bonds.